The van der Waals surface area contributed by atoms with Crippen molar-refractivity contribution in [3.63, 3.8) is 0 Å². The third kappa shape index (κ3) is 8.35. The van der Waals surface area contributed by atoms with Gasteiger partial charge in [0.2, 0.25) is 0 Å². The molecule has 6 heteroatoms. The maximum Gasteiger partial charge on any atom is 0.389 e. The number of halogens is 3. The van der Waals surface area contributed by atoms with Crippen molar-refractivity contribution in [2.24, 2.45) is 5.92 Å². The van der Waals surface area contributed by atoms with Crippen molar-refractivity contribution in [1.29, 1.82) is 0 Å². The van der Waals surface area contributed by atoms with Gasteiger partial charge in [-0.25, -0.2) is 0 Å². The van der Waals surface area contributed by atoms with E-state index in [0.717, 1.165) is 11.8 Å². The van der Waals surface area contributed by atoms with Crippen LogP contribution >= 0.6 is 11.8 Å². The number of hydrogen-bond donors (Lipinski definition) is 0. The summed E-state index contributed by atoms with van der Waals surface area (Å²) in [7, 11) is 0. The van der Waals surface area contributed by atoms with E-state index in [-0.39, 0.29) is 17.8 Å². The molecule has 0 aromatic carbocycles. The molecule has 1 unspecified atom stereocenters. The molecule has 0 saturated carbocycles. The van der Waals surface area contributed by atoms with Gasteiger partial charge in [-0.05, 0) is 19.8 Å². The highest BCUT2D eigenvalue weighted by atomic mass is 32.2. The Hall–Kier alpha value is -0.390. The van der Waals surface area contributed by atoms with E-state index in [4.69, 9.17) is 4.74 Å². The number of carbonyl (C=O) groups excluding carboxylic acids is 1. The minimum Gasteiger partial charge on any atom is -0.462 e. The molecule has 2 nitrogen and oxygen atoms in total. The van der Waals surface area contributed by atoms with Crippen LogP contribution in [0.25, 0.3) is 0 Å². The Labute approximate surface area is 104 Å². The lowest BCUT2D eigenvalue weighted by molar-refractivity contribution is -0.147. The summed E-state index contributed by atoms with van der Waals surface area (Å²) in [6.45, 7) is 7.03. The minimum atomic E-state index is -4.17. The molecule has 102 valence electrons. The van der Waals surface area contributed by atoms with E-state index >= 15 is 0 Å². The second-order valence-electron chi connectivity index (χ2n) is 4.39. The highest BCUT2D eigenvalue weighted by Crippen LogP contribution is 2.27. The molecule has 0 bridgehead atoms. The fraction of sp³-hybridized carbons (Fsp3) is 0.909. The van der Waals surface area contributed by atoms with Crippen LogP contribution in [0.4, 0.5) is 13.2 Å². The van der Waals surface area contributed by atoms with Crippen LogP contribution in [-0.4, -0.2) is 29.3 Å². The first-order valence-corrected chi connectivity index (χ1v) is 6.57. The smallest absolute Gasteiger partial charge is 0.389 e. The van der Waals surface area contributed by atoms with E-state index in [2.05, 4.69) is 0 Å². The Morgan fingerprint density at radius 1 is 1.24 bits per heavy atom. The molecule has 0 fully saturated rings. The monoisotopic (exact) mass is 272 g/mol. The molecule has 0 aliphatic carbocycles. The maximum absolute atomic E-state index is 12.0. The number of esters is 1. The van der Waals surface area contributed by atoms with Gasteiger partial charge in [0.1, 0.15) is 5.25 Å². The SMILES string of the molecule is CC(C)OC(=O)C(SCCC(F)(F)F)C(C)C. The Morgan fingerprint density at radius 2 is 1.76 bits per heavy atom. The third-order valence-electron chi connectivity index (χ3n) is 1.87. The molecule has 0 N–H and O–H groups in total. The van der Waals surface area contributed by atoms with E-state index in [1.54, 1.807) is 27.7 Å². The van der Waals surface area contributed by atoms with Crippen molar-refractivity contribution in [3.8, 4) is 0 Å². The Morgan fingerprint density at radius 3 is 2.12 bits per heavy atom. The van der Waals surface area contributed by atoms with Gasteiger partial charge in [0.25, 0.3) is 0 Å². The van der Waals surface area contributed by atoms with Crippen LogP contribution in [-0.2, 0) is 9.53 Å². The zero-order valence-corrected chi connectivity index (χ0v) is 11.3. The average molecular weight is 272 g/mol. The van der Waals surface area contributed by atoms with E-state index < -0.39 is 23.8 Å². The van der Waals surface area contributed by atoms with Gasteiger partial charge in [-0.1, -0.05) is 13.8 Å². The van der Waals surface area contributed by atoms with Crippen LogP contribution in [0.1, 0.15) is 34.1 Å². The number of ether oxygens (including phenoxy) is 1. The molecule has 0 heterocycles. The number of carbonyl (C=O) groups is 1. The van der Waals surface area contributed by atoms with Crippen LogP contribution in [0.15, 0.2) is 0 Å². The summed E-state index contributed by atoms with van der Waals surface area (Å²) in [5.74, 6) is -0.582. The van der Waals surface area contributed by atoms with Gasteiger partial charge in [-0.15, -0.1) is 11.8 Å². The van der Waals surface area contributed by atoms with E-state index in [1.165, 1.54) is 0 Å². The van der Waals surface area contributed by atoms with Gasteiger partial charge >= 0.3 is 12.1 Å². The highest BCUT2D eigenvalue weighted by molar-refractivity contribution is 8.00. The van der Waals surface area contributed by atoms with Gasteiger partial charge in [-0.3, -0.25) is 4.79 Å². The summed E-state index contributed by atoms with van der Waals surface area (Å²) in [5.41, 5.74) is 0. The van der Waals surface area contributed by atoms with Crippen LogP contribution in [0.3, 0.4) is 0 Å². The third-order valence-corrected chi connectivity index (χ3v) is 3.41. The largest absolute Gasteiger partial charge is 0.462 e. The molecule has 0 aromatic heterocycles. The molecule has 0 amide bonds. The lowest BCUT2D eigenvalue weighted by Crippen LogP contribution is -2.28. The summed E-state index contributed by atoms with van der Waals surface area (Å²) in [4.78, 5) is 11.6. The van der Waals surface area contributed by atoms with Crippen molar-refractivity contribution in [3.05, 3.63) is 0 Å². The van der Waals surface area contributed by atoms with Gasteiger partial charge < -0.3 is 4.74 Å². The molecular weight excluding hydrogens is 253 g/mol. The zero-order valence-electron chi connectivity index (χ0n) is 10.5. The van der Waals surface area contributed by atoms with Crippen LogP contribution < -0.4 is 0 Å². The van der Waals surface area contributed by atoms with Crippen molar-refractivity contribution in [2.45, 2.75) is 51.6 Å². The van der Waals surface area contributed by atoms with Crippen molar-refractivity contribution < 1.29 is 22.7 Å². The van der Waals surface area contributed by atoms with Gasteiger partial charge in [0, 0.05) is 5.75 Å². The molecule has 0 saturated heterocycles. The Balaban J connectivity index is 4.21. The first kappa shape index (κ1) is 16.6. The molecule has 0 radical (unpaired) electrons. The second-order valence-corrected chi connectivity index (χ2v) is 5.64. The molecule has 0 aliphatic heterocycles. The van der Waals surface area contributed by atoms with E-state index in [0.29, 0.717) is 0 Å². The molecular formula is C11H19F3O2S. The minimum absolute atomic E-state index is 0.0421. The first-order chi connectivity index (χ1) is 7.63. The summed E-state index contributed by atoms with van der Waals surface area (Å²) >= 11 is 1.01. The van der Waals surface area contributed by atoms with Crippen LogP contribution in [0.5, 0.6) is 0 Å². The second kappa shape index (κ2) is 7.13. The number of thioether (sulfide) groups is 1. The quantitative estimate of drug-likeness (QED) is 0.690. The normalized spacial score (nSPS) is 14.2. The Bertz CT molecular complexity index is 239. The van der Waals surface area contributed by atoms with Crippen LogP contribution in [0.2, 0.25) is 0 Å². The average Bonchev–Trinajstić information content (AvgIpc) is 2.08. The fourth-order valence-corrected chi connectivity index (χ4v) is 2.31. The highest BCUT2D eigenvalue weighted by Gasteiger charge is 2.30. The summed E-state index contributed by atoms with van der Waals surface area (Å²) in [5, 5.41) is -0.528. The predicted molar refractivity (Wildman–Crippen MR) is 63.0 cm³/mol. The van der Waals surface area contributed by atoms with E-state index in [1.807, 2.05) is 0 Å². The lowest BCUT2D eigenvalue weighted by atomic mass is 10.1. The molecule has 0 rings (SSSR count). The molecule has 17 heavy (non-hydrogen) atoms. The number of rotatable bonds is 6. The Kier molecular flexibility index (Phi) is 6.97. The molecule has 0 aromatic rings. The first-order valence-electron chi connectivity index (χ1n) is 5.52. The number of alkyl halides is 3. The zero-order chi connectivity index (χ0) is 13.6. The summed E-state index contributed by atoms with van der Waals surface area (Å²) < 4.78 is 41.0. The van der Waals surface area contributed by atoms with Gasteiger partial charge in [-0.2, -0.15) is 13.2 Å². The van der Waals surface area contributed by atoms with Gasteiger partial charge in [0.15, 0.2) is 0 Å². The lowest BCUT2D eigenvalue weighted by Gasteiger charge is -2.20. The maximum atomic E-state index is 12.0. The molecule has 0 spiro atoms. The molecule has 0 aliphatic rings. The topological polar surface area (TPSA) is 26.3 Å². The fourth-order valence-electron chi connectivity index (χ4n) is 1.13. The predicted octanol–water partition coefficient (Wildman–Crippen LogP) is 3.65. The van der Waals surface area contributed by atoms with Crippen LogP contribution in [0, 0.1) is 5.92 Å². The summed E-state index contributed by atoms with van der Waals surface area (Å²) in [6.07, 6.45) is -5.29. The van der Waals surface area contributed by atoms with Crippen molar-refractivity contribution >= 4 is 17.7 Å². The summed E-state index contributed by atoms with van der Waals surface area (Å²) in [6, 6.07) is 0. The van der Waals surface area contributed by atoms with Gasteiger partial charge in [0.05, 0.1) is 12.5 Å². The number of hydrogen-bond acceptors (Lipinski definition) is 3. The molecule has 1 atom stereocenters. The van der Waals surface area contributed by atoms with Crippen molar-refractivity contribution in [1.82, 2.24) is 0 Å². The van der Waals surface area contributed by atoms with Crippen molar-refractivity contribution in [2.75, 3.05) is 5.75 Å². The standard InChI is InChI=1S/C11H19F3O2S/c1-7(2)9(10(15)16-8(3)4)17-6-5-11(12,13)14/h7-9H,5-6H2,1-4H3. The van der Waals surface area contributed by atoms with E-state index in [9.17, 15) is 18.0 Å².